The smallest absolute Gasteiger partial charge is 0.00698 e. The van der Waals surface area contributed by atoms with E-state index in [0.717, 1.165) is 23.9 Å². The second kappa shape index (κ2) is 4.84. The summed E-state index contributed by atoms with van der Waals surface area (Å²) in [6.45, 7) is 11.0. The standard InChI is InChI=1S/C13H26N2/c1-10(13-7-14-8-13)9-15-11(2)5-4-6-12(15)3/h10-14H,4-9H2,1-3H3. The summed E-state index contributed by atoms with van der Waals surface area (Å²) in [7, 11) is 0. The minimum absolute atomic E-state index is 0.809. The molecule has 2 aliphatic rings. The van der Waals surface area contributed by atoms with E-state index in [0.29, 0.717) is 0 Å². The van der Waals surface area contributed by atoms with Crippen LogP contribution in [0.1, 0.15) is 40.0 Å². The molecule has 0 bridgehead atoms. The molecule has 15 heavy (non-hydrogen) atoms. The van der Waals surface area contributed by atoms with Gasteiger partial charge in [-0.25, -0.2) is 0 Å². The summed E-state index contributed by atoms with van der Waals surface area (Å²) in [6.07, 6.45) is 4.23. The van der Waals surface area contributed by atoms with Crippen LogP contribution >= 0.6 is 0 Å². The molecule has 0 aromatic carbocycles. The summed E-state index contributed by atoms with van der Waals surface area (Å²) in [4.78, 5) is 2.74. The molecule has 2 heterocycles. The van der Waals surface area contributed by atoms with Gasteiger partial charge in [-0.05, 0) is 51.6 Å². The molecule has 2 aliphatic heterocycles. The van der Waals surface area contributed by atoms with Crippen molar-refractivity contribution in [3.63, 3.8) is 0 Å². The summed E-state index contributed by atoms with van der Waals surface area (Å²) >= 11 is 0. The molecular weight excluding hydrogens is 184 g/mol. The van der Waals surface area contributed by atoms with Crippen molar-refractivity contribution >= 4 is 0 Å². The monoisotopic (exact) mass is 210 g/mol. The largest absolute Gasteiger partial charge is 0.316 e. The zero-order valence-electron chi connectivity index (χ0n) is 10.5. The zero-order chi connectivity index (χ0) is 10.8. The first-order chi connectivity index (χ1) is 7.18. The molecule has 0 amide bonds. The number of rotatable bonds is 3. The van der Waals surface area contributed by atoms with Gasteiger partial charge in [-0.3, -0.25) is 4.90 Å². The summed E-state index contributed by atoms with van der Waals surface area (Å²) in [6, 6.07) is 1.62. The van der Waals surface area contributed by atoms with E-state index in [9.17, 15) is 0 Å². The van der Waals surface area contributed by atoms with Gasteiger partial charge in [-0.1, -0.05) is 13.3 Å². The van der Waals surface area contributed by atoms with Crippen molar-refractivity contribution in [2.24, 2.45) is 11.8 Å². The Labute approximate surface area is 94.4 Å². The van der Waals surface area contributed by atoms with Crippen LogP contribution in [0.15, 0.2) is 0 Å². The average molecular weight is 210 g/mol. The molecule has 0 aliphatic carbocycles. The van der Waals surface area contributed by atoms with E-state index >= 15 is 0 Å². The lowest BCUT2D eigenvalue weighted by Crippen LogP contribution is -2.51. The highest BCUT2D eigenvalue weighted by Crippen LogP contribution is 2.26. The predicted octanol–water partition coefficient (Wildman–Crippen LogP) is 2.10. The highest BCUT2D eigenvalue weighted by atomic mass is 15.2. The number of nitrogens with one attached hydrogen (secondary N) is 1. The van der Waals surface area contributed by atoms with Gasteiger partial charge < -0.3 is 5.32 Å². The Morgan fingerprint density at radius 1 is 1.20 bits per heavy atom. The van der Waals surface area contributed by atoms with E-state index in [1.54, 1.807) is 0 Å². The predicted molar refractivity (Wildman–Crippen MR) is 65.0 cm³/mol. The molecular formula is C13H26N2. The van der Waals surface area contributed by atoms with E-state index in [-0.39, 0.29) is 0 Å². The maximum absolute atomic E-state index is 3.38. The first kappa shape index (κ1) is 11.4. The van der Waals surface area contributed by atoms with Crippen LogP contribution in [0.3, 0.4) is 0 Å². The molecule has 2 fully saturated rings. The number of piperidine rings is 1. The summed E-state index contributed by atoms with van der Waals surface area (Å²) < 4.78 is 0. The molecule has 2 rings (SSSR count). The number of nitrogens with zero attached hydrogens (tertiary/aromatic N) is 1. The van der Waals surface area contributed by atoms with Gasteiger partial charge in [0.1, 0.15) is 0 Å². The van der Waals surface area contributed by atoms with Gasteiger partial charge in [0, 0.05) is 18.6 Å². The Kier molecular flexibility index (Phi) is 3.68. The van der Waals surface area contributed by atoms with Crippen LogP contribution in [0.4, 0.5) is 0 Å². The van der Waals surface area contributed by atoms with Crippen LogP contribution in [-0.4, -0.2) is 36.6 Å². The topological polar surface area (TPSA) is 15.3 Å². The van der Waals surface area contributed by atoms with Crippen molar-refractivity contribution in [3.05, 3.63) is 0 Å². The molecule has 3 atom stereocenters. The van der Waals surface area contributed by atoms with Gasteiger partial charge in [-0.15, -0.1) is 0 Å². The van der Waals surface area contributed by atoms with Gasteiger partial charge in [0.15, 0.2) is 0 Å². The van der Waals surface area contributed by atoms with E-state index in [4.69, 9.17) is 0 Å². The van der Waals surface area contributed by atoms with E-state index < -0.39 is 0 Å². The first-order valence-corrected chi connectivity index (χ1v) is 6.65. The summed E-state index contributed by atoms with van der Waals surface area (Å²) in [5, 5.41) is 3.38. The molecule has 0 aromatic heterocycles. The highest BCUT2D eigenvalue weighted by molar-refractivity contribution is 4.85. The third-order valence-corrected chi connectivity index (χ3v) is 4.49. The SMILES string of the molecule is CC(CN1C(C)CCCC1C)C1CNC1. The highest BCUT2D eigenvalue weighted by Gasteiger charge is 2.30. The third-order valence-electron chi connectivity index (χ3n) is 4.49. The molecule has 0 spiro atoms. The van der Waals surface area contributed by atoms with Gasteiger partial charge in [0.05, 0.1) is 0 Å². The van der Waals surface area contributed by atoms with Crippen molar-refractivity contribution < 1.29 is 0 Å². The minimum atomic E-state index is 0.809. The maximum atomic E-state index is 3.38. The van der Waals surface area contributed by atoms with Crippen LogP contribution in [0.2, 0.25) is 0 Å². The molecule has 0 radical (unpaired) electrons. The quantitative estimate of drug-likeness (QED) is 0.767. The van der Waals surface area contributed by atoms with E-state index in [1.807, 2.05) is 0 Å². The Balaban J connectivity index is 1.84. The fourth-order valence-electron chi connectivity index (χ4n) is 3.03. The van der Waals surface area contributed by atoms with Crippen LogP contribution in [-0.2, 0) is 0 Å². The Morgan fingerprint density at radius 2 is 1.80 bits per heavy atom. The molecule has 2 nitrogen and oxygen atoms in total. The fourth-order valence-corrected chi connectivity index (χ4v) is 3.03. The summed E-state index contributed by atoms with van der Waals surface area (Å²) in [5.41, 5.74) is 0. The second-order valence-electron chi connectivity index (χ2n) is 5.72. The average Bonchev–Trinajstić information content (AvgIpc) is 2.08. The molecule has 88 valence electrons. The van der Waals surface area contributed by atoms with E-state index in [2.05, 4.69) is 31.0 Å². The Bertz CT molecular complexity index is 191. The normalized spacial score (nSPS) is 36.2. The van der Waals surface area contributed by atoms with Crippen molar-refractivity contribution in [2.75, 3.05) is 19.6 Å². The maximum Gasteiger partial charge on any atom is 0.00698 e. The molecule has 0 saturated carbocycles. The van der Waals surface area contributed by atoms with Gasteiger partial charge in [0.25, 0.3) is 0 Å². The van der Waals surface area contributed by atoms with Crippen molar-refractivity contribution in [1.82, 2.24) is 10.2 Å². The van der Waals surface area contributed by atoms with Gasteiger partial charge in [-0.2, -0.15) is 0 Å². The molecule has 2 heteroatoms. The molecule has 0 aromatic rings. The first-order valence-electron chi connectivity index (χ1n) is 6.65. The molecule has 1 N–H and O–H groups in total. The van der Waals surface area contributed by atoms with Crippen LogP contribution in [0, 0.1) is 11.8 Å². The Hall–Kier alpha value is -0.0800. The van der Waals surface area contributed by atoms with Crippen LogP contribution < -0.4 is 5.32 Å². The lowest BCUT2D eigenvalue weighted by molar-refractivity contribution is 0.0663. The van der Waals surface area contributed by atoms with Crippen LogP contribution in [0.5, 0.6) is 0 Å². The third kappa shape index (κ3) is 2.54. The van der Waals surface area contributed by atoms with Gasteiger partial charge >= 0.3 is 0 Å². The van der Waals surface area contributed by atoms with Crippen LogP contribution in [0.25, 0.3) is 0 Å². The van der Waals surface area contributed by atoms with Crippen molar-refractivity contribution in [2.45, 2.75) is 52.1 Å². The number of hydrogen-bond donors (Lipinski definition) is 1. The Morgan fingerprint density at radius 3 is 2.27 bits per heavy atom. The van der Waals surface area contributed by atoms with E-state index in [1.165, 1.54) is 38.9 Å². The minimum Gasteiger partial charge on any atom is -0.316 e. The molecule has 3 unspecified atom stereocenters. The lowest BCUT2D eigenvalue weighted by atomic mass is 9.86. The second-order valence-corrected chi connectivity index (χ2v) is 5.72. The molecule has 2 saturated heterocycles. The van der Waals surface area contributed by atoms with Gasteiger partial charge in [0.2, 0.25) is 0 Å². The van der Waals surface area contributed by atoms with Crippen molar-refractivity contribution in [1.29, 1.82) is 0 Å². The van der Waals surface area contributed by atoms with Crippen molar-refractivity contribution in [3.8, 4) is 0 Å². The fraction of sp³-hybridized carbons (Fsp3) is 1.00. The summed E-state index contributed by atoms with van der Waals surface area (Å²) in [5.74, 6) is 1.81. The zero-order valence-corrected chi connectivity index (χ0v) is 10.5. The lowest BCUT2D eigenvalue weighted by Gasteiger charge is -2.43. The number of hydrogen-bond acceptors (Lipinski definition) is 2. The number of likely N-dealkylation sites (tertiary alicyclic amines) is 1.